The normalized spacial score (nSPS) is 13.8. The second kappa shape index (κ2) is 7.11. The van der Waals surface area contributed by atoms with Crippen molar-refractivity contribution in [3.8, 4) is 0 Å². The predicted molar refractivity (Wildman–Crippen MR) is 80.5 cm³/mol. The Morgan fingerprint density at radius 3 is 2.48 bits per heavy atom. The number of carbonyl (C=O) groups excluding carboxylic acids is 1. The minimum absolute atomic E-state index is 0.0153. The number of hydrogen-bond acceptors (Lipinski definition) is 2. The predicted octanol–water partition coefficient (Wildman–Crippen LogP) is 2.51. The van der Waals surface area contributed by atoms with Crippen LogP contribution in [0.5, 0.6) is 0 Å². The molecule has 5 heteroatoms. The fraction of sp³-hybridized carbons (Fsp3) is 0.500. The first-order chi connectivity index (χ1) is 10.1. The van der Waals surface area contributed by atoms with Crippen LogP contribution < -0.4 is 5.32 Å². The van der Waals surface area contributed by atoms with Crippen molar-refractivity contribution in [1.29, 1.82) is 0 Å². The standard InChI is InChI=1S/C16H22N2O3/c1-2-11-18(14-7-8-14)16(21)17-10-9-12-3-5-13(6-4-12)15(19)20/h3-6,14H,2,7-11H2,1H3,(H,17,21)(H,19,20). The van der Waals surface area contributed by atoms with Gasteiger partial charge in [-0.2, -0.15) is 0 Å². The zero-order chi connectivity index (χ0) is 15.2. The molecule has 0 bridgehead atoms. The lowest BCUT2D eigenvalue weighted by Crippen LogP contribution is -2.42. The van der Waals surface area contributed by atoms with Gasteiger partial charge in [-0.15, -0.1) is 0 Å². The van der Waals surface area contributed by atoms with Crippen LogP contribution in [0.2, 0.25) is 0 Å². The minimum Gasteiger partial charge on any atom is -0.478 e. The molecule has 1 aliphatic rings. The topological polar surface area (TPSA) is 69.6 Å². The van der Waals surface area contributed by atoms with Crippen LogP contribution in [-0.4, -0.2) is 41.1 Å². The second-order valence-corrected chi connectivity index (χ2v) is 5.41. The average molecular weight is 290 g/mol. The van der Waals surface area contributed by atoms with Gasteiger partial charge in [0, 0.05) is 19.1 Å². The van der Waals surface area contributed by atoms with Crippen molar-refractivity contribution in [2.45, 2.75) is 38.6 Å². The molecule has 0 radical (unpaired) electrons. The number of hydrogen-bond donors (Lipinski definition) is 2. The summed E-state index contributed by atoms with van der Waals surface area (Å²) < 4.78 is 0. The molecule has 2 rings (SSSR count). The van der Waals surface area contributed by atoms with Crippen LogP contribution in [0.4, 0.5) is 4.79 Å². The Bertz CT molecular complexity index is 495. The highest BCUT2D eigenvalue weighted by Gasteiger charge is 2.31. The van der Waals surface area contributed by atoms with Gasteiger partial charge in [-0.05, 0) is 43.4 Å². The number of carboxylic acids is 1. The number of benzene rings is 1. The van der Waals surface area contributed by atoms with E-state index in [4.69, 9.17) is 5.11 Å². The molecule has 2 N–H and O–H groups in total. The van der Waals surface area contributed by atoms with E-state index in [-0.39, 0.29) is 11.6 Å². The van der Waals surface area contributed by atoms with Crippen molar-refractivity contribution in [3.63, 3.8) is 0 Å². The lowest BCUT2D eigenvalue weighted by atomic mass is 10.1. The van der Waals surface area contributed by atoms with E-state index in [0.717, 1.165) is 31.4 Å². The molecule has 1 saturated carbocycles. The van der Waals surface area contributed by atoms with E-state index in [1.54, 1.807) is 24.3 Å². The Kier molecular flexibility index (Phi) is 5.20. The molecule has 1 aromatic carbocycles. The number of carboxylic acid groups (broad SMARTS) is 1. The van der Waals surface area contributed by atoms with E-state index < -0.39 is 5.97 Å². The lowest BCUT2D eigenvalue weighted by Gasteiger charge is -2.22. The Hall–Kier alpha value is -2.04. The smallest absolute Gasteiger partial charge is 0.335 e. The van der Waals surface area contributed by atoms with E-state index >= 15 is 0 Å². The van der Waals surface area contributed by atoms with Crippen molar-refractivity contribution in [3.05, 3.63) is 35.4 Å². The molecule has 0 saturated heterocycles. The third kappa shape index (κ3) is 4.48. The molecule has 2 amide bonds. The molecular weight excluding hydrogens is 268 g/mol. The summed E-state index contributed by atoms with van der Waals surface area (Å²) in [6.45, 7) is 3.45. The van der Waals surface area contributed by atoms with E-state index in [2.05, 4.69) is 12.2 Å². The molecular formula is C16H22N2O3. The molecule has 5 nitrogen and oxygen atoms in total. The number of nitrogens with zero attached hydrogens (tertiary/aromatic N) is 1. The maximum Gasteiger partial charge on any atom is 0.335 e. The van der Waals surface area contributed by atoms with E-state index in [0.29, 0.717) is 19.0 Å². The Balaban J connectivity index is 1.77. The van der Waals surface area contributed by atoms with Gasteiger partial charge >= 0.3 is 12.0 Å². The number of aromatic carboxylic acids is 1. The summed E-state index contributed by atoms with van der Waals surface area (Å²) in [4.78, 5) is 24.8. The number of urea groups is 1. The lowest BCUT2D eigenvalue weighted by molar-refractivity contribution is 0.0697. The molecule has 0 unspecified atom stereocenters. The highest BCUT2D eigenvalue weighted by molar-refractivity contribution is 5.87. The van der Waals surface area contributed by atoms with Gasteiger partial charge in [-0.1, -0.05) is 19.1 Å². The monoisotopic (exact) mass is 290 g/mol. The van der Waals surface area contributed by atoms with Crippen LogP contribution in [0.15, 0.2) is 24.3 Å². The Morgan fingerprint density at radius 1 is 1.29 bits per heavy atom. The largest absolute Gasteiger partial charge is 0.478 e. The molecule has 0 heterocycles. The van der Waals surface area contributed by atoms with Crippen LogP contribution in [0, 0.1) is 0 Å². The first kappa shape index (κ1) is 15.4. The molecule has 0 atom stereocenters. The van der Waals surface area contributed by atoms with Crippen molar-refractivity contribution in [2.24, 2.45) is 0 Å². The van der Waals surface area contributed by atoms with Gasteiger partial charge in [-0.3, -0.25) is 0 Å². The molecule has 0 aromatic heterocycles. The van der Waals surface area contributed by atoms with Crippen LogP contribution in [-0.2, 0) is 6.42 Å². The van der Waals surface area contributed by atoms with Gasteiger partial charge in [0.2, 0.25) is 0 Å². The third-order valence-corrected chi connectivity index (χ3v) is 3.60. The number of nitrogens with one attached hydrogen (secondary N) is 1. The molecule has 1 aliphatic carbocycles. The Labute approximate surface area is 125 Å². The summed E-state index contributed by atoms with van der Waals surface area (Å²) in [5, 5.41) is 11.8. The van der Waals surface area contributed by atoms with Crippen molar-refractivity contribution >= 4 is 12.0 Å². The van der Waals surface area contributed by atoms with E-state index in [1.165, 1.54) is 0 Å². The van der Waals surface area contributed by atoms with Gasteiger partial charge in [0.25, 0.3) is 0 Å². The molecule has 0 aliphatic heterocycles. The summed E-state index contributed by atoms with van der Waals surface area (Å²) in [7, 11) is 0. The molecule has 21 heavy (non-hydrogen) atoms. The molecule has 1 fully saturated rings. The fourth-order valence-electron chi connectivity index (χ4n) is 2.31. The van der Waals surface area contributed by atoms with Gasteiger partial charge in [-0.25, -0.2) is 9.59 Å². The van der Waals surface area contributed by atoms with Gasteiger partial charge in [0.1, 0.15) is 0 Å². The fourth-order valence-corrected chi connectivity index (χ4v) is 2.31. The summed E-state index contributed by atoms with van der Waals surface area (Å²) in [6.07, 6.45) is 3.91. The maximum absolute atomic E-state index is 12.1. The zero-order valence-corrected chi connectivity index (χ0v) is 12.3. The first-order valence-electron chi connectivity index (χ1n) is 7.48. The number of amides is 2. The average Bonchev–Trinajstić information content (AvgIpc) is 3.29. The summed E-state index contributed by atoms with van der Waals surface area (Å²) in [6, 6.07) is 7.21. The van der Waals surface area contributed by atoms with Crippen LogP contribution in [0.3, 0.4) is 0 Å². The number of rotatable bonds is 7. The van der Waals surface area contributed by atoms with E-state index in [1.807, 2.05) is 4.90 Å². The quantitative estimate of drug-likeness (QED) is 0.810. The first-order valence-corrected chi connectivity index (χ1v) is 7.48. The van der Waals surface area contributed by atoms with Crippen LogP contribution in [0.1, 0.15) is 42.1 Å². The number of carbonyl (C=O) groups is 2. The summed E-state index contributed by atoms with van der Waals surface area (Å²) >= 11 is 0. The van der Waals surface area contributed by atoms with Gasteiger partial charge < -0.3 is 15.3 Å². The van der Waals surface area contributed by atoms with Crippen LogP contribution in [0.25, 0.3) is 0 Å². The molecule has 1 aromatic rings. The van der Waals surface area contributed by atoms with Crippen molar-refractivity contribution < 1.29 is 14.7 Å². The minimum atomic E-state index is -0.922. The highest BCUT2D eigenvalue weighted by atomic mass is 16.4. The highest BCUT2D eigenvalue weighted by Crippen LogP contribution is 2.26. The van der Waals surface area contributed by atoms with Gasteiger partial charge in [0.05, 0.1) is 5.56 Å². The second-order valence-electron chi connectivity index (χ2n) is 5.41. The van der Waals surface area contributed by atoms with Crippen molar-refractivity contribution in [2.75, 3.05) is 13.1 Å². The summed E-state index contributed by atoms with van der Waals surface area (Å²) in [5.41, 5.74) is 1.31. The Morgan fingerprint density at radius 2 is 1.95 bits per heavy atom. The van der Waals surface area contributed by atoms with Crippen molar-refractivity contribution in [1.82, 2.24) is 10.2 Å². The van der Waals surface area contributed by atoms with Gasteiger partial charge in [0.15, 0.2) is 0 Å². The van der Waals surface area contributed by atoms with E-state index in [9.17, 15) is 9.59 Å². The SMILES string of the molecule is CCCN(C(=O)NCCc1ccc(C(=O)O)cc1)C1CC1. The molecule has 0 spiro atoms. The maximum atomic E-state index is 12.1. The molecule has 114 valence electrons. The third-order valence-electron chi connectivity index (χ3n) is 3.60. The zero-order valence-electron chi connectivity index (χ0n) is 12.3. The summed E-state index contributed by atoms with van der Waals surface area (Å²) in [5.74, 6) is -0.922. The van der Waals surface area contributed by atoms with Crippen LogP contribution >= 0.6 is 0 Å².